The molecule has 0 unspecified atom stereocenters. The van der Waals surface area contributed by atoms with E-state index >= 15 is 0 Å². The number of alkyl halides is 6. The number of hydrogen-bond donors (Lipinski definition) is 0. The van der Waals surface area contributed by atoms with Gasteiger partial charge in [-0.05, 0) is 24.3 Å². The Labute approximate surface area is 146 Å². The van der Waals surface area contributed by atoms with Crippen molar-refractivity contribution in [1.82, 2.24) is 4.98 Å². The lowest BCUT2D eigenvalue weighted by molar-refractivity contribution is -0.138. The van der Waals surface area contributed by atoms with Gasteiger partial charge in [0.15, 0.2) is 5.82 Å². The molecule has 0 fully saturated rings. The summed E-state index contributed by atoms with van der Waals surface area (Å²) in [5.41, 5.74) is -3.23. The molecule has 1 aliphatic heterocycles. The Balaban J connectivity index is 2.06. The third-order valence-corrected chi connectivity index (χ3v) is 3.85. The maximum Gasteiger partial charge on any atom is 0.417 e. The van der Waals surface area contributed by atoms with E-state index in [1.807, 2.05) is 0 Å². The van der Waals surface area contributed by atoms with Crippen LogP contribution in [0.2, 0.25) is 5.02 Å². The first-order valence-electron chi connectivity index (χ1n) is 6.74. The molecule has 0 saturated heterocycles. The standard InChI is InChI=1S/C15H5ClF6N2O2/c16-10-4-7(15(20,21)22)5-23-11(10)24-12(25)8-2-1-6(14(17,18)19)3-9(8)13(24)26/h1-5H. The number of aromatic nitrogens is 1. The Kier molecular flexibility index (Phi) is 3.98. The molecule has 0 spiro atoms. The highest BCUT2D eigenvalue weighted by Crippen LogP contribution is 2.38. The normalized spacial score (nSPS) is 14.8. The molecule has 0 aliphatic carbocycles. The quantitative estimate of drug-likeness (QED) is 0.526. The molecule has 0 radical (unpaired) electrons. The number of anilines is 1. The first kappa shape index (κ1) is 18.2. The number of fused-ring (bicyclic) bond motifs is 1. The summed E-state index contributed by atoms with van der Waals surface area (Å²) in [7, 11) is 0. The molecular weight excluding hydrogens is 390 g/mol. The fraction of sp³-hybridized carbons (Fsp3) is 0.133. The molecule has 2 aromatic rings. The largest absolute Gasteiger partial charge is 0.417 e. The molecule has 3 rings (SSSR count). The molecule has 1 aliphatic rings. The Morgan fingerprint density at radius 3 is 1.96 bits per heavy atom. The van der Waals surface area contributed by atoms with Crippen molar-refractivity contribution in [2.45, 2.75) is 12.4 Å². The number of amides is 2. The van der Waals surface area contributed by atoms with Gasteiger partial charge in [-0.3, -0.25) is 9.59 Å². The highest BCUT2D eigenvalue weighted by atomic mass is 35.5. The van der Waals surface area contributed by atoms with Crippen LogP contribution >= 0.6 is 11.6 Å². The van der Waals surface area contributed by atoms with Crippen LogP contribution < -0.4 is 4.90 Å². The average molecular weight is 395 g/mol. The van der Waals surface area contributed by atoms with Gasteiger partial charge in [0.1, 0.15) is 0 Å². The van der Waals surface area contributed by atoms with Crippen LogP contribution in [0, 0.1) is 0 Å². The number of imide groups is 1. The molecule has 11 heteroatoms. The molecule has 1 aromatic heterocycles. The van der Waals surface area contributed by atoms with E-state index in [1.54, 1.807) is 0 Å². The van der Waals surface area contributed by atoms with Crippen LogP contribution in [0.4, 0.5) is 32.2 Å². The number of hydrogen-bond acceptors (Lipinski definition) is 3. The van der Waals surface area contributed by atoms with Gasteiger partial charge >= 0.3 is 12.4 Å². The van der Waals surface area contributed by atoms with Crippen LogP contribution in [0.1, 0.15) is 31.8 Å². The van der Waals surface area contributed by atoms with Crippen molar-refractivity contribution >= 4 is 29.2 Å². The number of carbonyl (C=O) groups is 2. The lowest BCUT2D eigenvalue weighted by Crippen LogP contribution is -2.30. The number of nitrogens with zero attached hydrogens (tertiary/aromatic N) is 2. The molecule has 0 atom stereocenters. The van der Waals surface area contributed by atoms with Gasteiger partial charge in [-0.2, -0.15) is 26.3 Å². The molecular formula is C15H5ClF6N2O2. The average Bonchev–Trinajstić information content (AvgIpc) is 2.77. The molecule has 2 amide bonds. The van der Waals surface area contributed by atoms with Crippen molar-refractivity contribution < 1.29 is 35.9 Å². The number of carbonyl (C=O) groups excluding carboxylic acids is 2. The molecule has 0 bridgehead atoms. The fourth-order valence-electron chi connectivity index (χ4n) is 2.36. The maximum atomic E-state index is 12.8. The Morgan fingerprint density at radius 1 is 0.846 bits per heavy atom. The molecule has 26 heavy (non-hydrogen) atoms. The van der Waals surface area contributed by atoms with Gasteiger partial charge in [0.2, 0.25) is 0 Å². The monoisotopic (exact) mass is 394 g/mol. The number of halogens is 7. The number of pyridine rings is 1. The molecule has 0 saturated carbocycles. The SMILES string of the molecule is O=C1c2ccc(C(F)(F)F)cc2C(=O)N1c1ncc(C(F)(F)F)cc1Cl. The van der Waals surface area contributed by atoms with Gasteiger partial charge in [-0.1, -0.05) is 11.6 Å². The van der Waals surface area contributed by atoms with Crippen LogP contribution in [-0.4, -0.2) is 16.8 Å². The first-order chi connectivity index (χ1) is 11.9. The second-order valence-corrected chi connectivity index (χ2v) is 5.64. The second-order valence-electron chi connectivity index (χ2n) is 5.23. The summed E-state index contributed by atoms with van der Waals surface area (Å²) in [6.45, 7) is 0. The third-order valence-electron chi connectivity index (χ3n) is 3.57. The predicted molar refractivity (Wildman–Crippen MR) is 76.8 cm³/mol. The van der Waals surface area contributed by atoms with Crippen LogP contribution in [0.25, 0.3) is 0 Å². The third kappa shape index (κ3) is 2.90. The molecule has 136 valence electrons. The minimum atomic E-state index is -4.75. The van der Waals surface area contributed by atoms with Crippen LogP contribution in [0.15, 0.2) is 30.5 Å². The van der Waals surface area contributed by atoms with E-state index in [9.17, 15) is 35.9 Å². The van der Waals surface area contributed by atoms with E-state index in [0.717, 1.165) is 6.07 Å². The topological polar surface area (TPSA) is 50.3 Å². The summed E-state index contributed by atoms with van der Waals surface area (Å²) in [4.78, 5) is 28.4. The van der Waals surface area contributed by atoms with E-state index < -0.39 is 51.7 Å². The molecule has 0 N–H and O–H groups in total. The lowest BCUT2D eigenvalue weighted by Gasteiger charge is -2.15. The van der Waals surface area contributed by atoms with Gasteiger partial charge in [0.25, 0.3) is 11.8 Å². The van der Waals surface area contributed by atoms with Crippen molar-refractivity contribution in [2.24, 2.45) is 0 Å². The van der Waals surface area contributed by atoms with Crippen LogP contribution in [0.3, 0.4) is 0 Å². The zero-order valence-corrected chi connectivity index (χ0v) is 13.0. The van der Waals surface area contributed by atoms with Gasteiger partial charge in [0, 0.05) is 6.20 Å². The highest BCUT2D eigenvalue weighted by molar-refractivity contribution is 6.39. The smallest absolute Gasteiger partial charge is 0.268 e. The summed E-state index contributed by atoms with van der Waals surface area (Å²) >= 11 is 5.70. The maximum absolute atomic E-state index is 12.8. The van der Waals surface area contributed by atoms with Crippen molar-refractivity contribution in [3.8, 4) is 0 Å². The number of rotatable bonds is 1. The van der Waals surface area contributed by atoms with E-state index in [0.29, 0.717) is 29.3 Å². The van der Waals surface area contributed by atoms with Gasteiger partial charge in [0.05, 0.1) is 27.3 Å². The van der Waals surface area contributed by atoms with Crippen LogP contribution in [0.5, 0.6) is 0 Å². The number of benzene rings is 1. The Bertz CT molecular complexity index is 939. The van der Waals surface area contributed by atoms with E-state index in [1.165, 1.54) is 0 Å². The van der Waals surface area contributed by atoms with E-state index in [4.69, 9.17) is 11.6 Å². The highest BCUT2D eigenvalue weighted by Gasteiger charge is 2.42. The summed E-state index contributed by atoms with van der Waals surface area (Å²) in [5, 5.41) is -0.648. The molecule has 1 aromatic carbocycles. The zero-order valence-electron chi connectivity index (χ0n) is 12.2. The van der Waals surface area contributed by atoms with Crippen molar-refractivity contribution in [3.63, 3.8) is 0 Å². The summed E-state index contributed by atoms with van der Waals surface area (Å²) < 4.78 is 76.3. The summed E-state index contributed by atoms with van der Waals surface area (Å²) in [5.74, 6) is -2.79. The minimum Gasteiger partial charge on any atom is -0.268 e. The van der Waals surface area contributed by atoms with Gasteiger partial charge < -0.3 is 0 Å². The Morgan fingerprint density at radius 2 is 1.42 bits per heavy atom. The van der Waals surface area contributed by atoms with Crippen LogP contribution in [-0.2, 0) is 12.4 Å². The first-order valence-corrected chi connectivity index (χ1v) is 7.12. The van der Waals surface area contributed by atoms with E-state index in [2.05, 4.69) is 4.98 Å². The summed E-state index contributed by atoms with van der Waals surface area (Å²) in [6.07, 6.45) is -9.12. The van der Waals surface area contributed by atoms with Gasteiger partial charge in [-0.15, -0.1) is 0 Å². The minimum absolute atomic E-state index is 0.333. The fourth-order valence-corrected chi connectivity index (χ4v) is 2.61. The molecule has 2 heterocycles. The summed E-state index contributed by atoms with van der Waals surface area (Å²) in [6, 6.07) is 2.40. The second kappa shape index (κ2) is 5.70. The Hall–Kier alpha value is -2.62. The van der Waals surface area contributed by atoms with Crippen molar-refractivity contribution in [3.05, 3.63) is 57.7 Å². The predicted octanol–water partition coefficient (Wildman–Crippen LogP) is 4.57. The zero-order chi connectivity index (χ0) is 19.4. The van der Waals surface area contributed by atoms with E-state index in [-0.39, 0.29) is 5.56 Å². The van der Waals surface area contributed by atoms with Gasteiger partial charge in [-0.25, -0.2) is 9.88 Å². The van der Waals surface area contributed by atoms with Crippen molar-refractivity contribution in [1.29, 1.82) is 0 Å². The molecule has 4 nitrogen and oxygen atoms in total. The lowest BCUT2D eigenvalue weighted by atomic mass is 10.1. The van der Waals surface area contributed by atoms with Crippen molar-refractivity contribution in [2.75, 3.05) is 4.90 Å².